The molecule has 4 nitrogen and oxygen atoms in total. The third-order valence-electron chi connectivity index (χ3n) is 2.58. The number of amides is 2. The summed E-state index contributed by atoms with van der Waals surface area (Å²) < 4.78 is 0. The molecular formula is C9H16N2O2. The summed E-state index contributed by atoms with van der Waals surface area (Å²) in [4.78, 5) is 24.3. The number of hydrogen-bond donors (Lipinski definition) is 1. The number of nitrogens with zero attached hydrogens (tertiary/aromatic N) is 1. The zero-order valence-corrected chi connectivity index (χ0v) is 8.33. The van der Waals surface area contributed by atoms with Gasteiger partial charge in [0.05, 0.1) is 0 Å². The third kappa shape index (κ3) is 1.82. The Hall–Kier alpha value is -1.06. The molecule has 2 amide bonds. The molecule has 0 aromatic carbocycles. The molecule has 0 aliphatic carbocycles. The van der Waals surface area contributed by atoms with E-state index in [-0.39, 0.29) is 23.9 Å². The van der Waals surface area contributed by atoms with Crippen molar-refractivity contribution in [3.63, 3.8) is 0 Å². The van der Waals surface area contributed by atoms with Crippen LogP contribution in [0.15, 0.2) is 0 Å². The average molecular weight is 184 g/mol. The third-order valence-corrected chi connectivity index (χ3v) is 2.58. The highest BCUT2D eigenvalue weighted by Gasteiger charge is 2.36. The van der Waals surface area contributed by atoms with E-state index in [0.717, 1.165) is 12.8 Å². The lowest BCUT2D eigenvalue weighted by Crippen LogP contribution is -2.46. The molecule has 0 unspecified atom stereocenters. The first-order valence-electron chi connectivity index (χ1n) is 4.58. The van der Waals surface area contributed by atoms with Crippen LogP contribution in [0.4, 0.5) is 0 Å². The Bertz CT molecular complexity index is 228. The first-order chi connectivity index (χ1) is 6.07. The van der Waals surface area contributed by atoms with Crippen LogP contribution in [-0.2, 0) is 9.59 Å². The lowest BCUT2D eigenvalue weighted by Gasteiger charge is -2.25. The van der Waals surface area contributed by atoms with E-state index in [4.69, 9.17) is 0 Å². The van der Waals surface area contributed by atoms with Gasteiger partial charge in [-0.1, -0.05) is 0 Å². The molecule has 0 spiro atoms. The van der Waals surface area contributed by atoms with Gasteiger partial charge in [-0.15, -0.1) is 0 Å². The number of likely N-dealkylation sites (tertiary alicyclic amines) is 1. The fraction of sp³-hybridized carbons (Fsp3) is 0.778. The molecule has 1 rings (SSSR count). The zero-order valence-electron chi connectivity index (χ0n) is 8.33. The van der Waals surface area contributed by atoms with Gasteiger partial charge in [0.1, 0.15) is 6.04 Å². The fourth-order valence-electron chi connectivity index (χ4n) is 1.94. The summed E-state index contributed by atoms with van der Waals surface area (Å²) in [6.07, 6.45) is 1.69. The van der Waals surface area contributed by atoms with Crippen LogP contribution >= 0.6 is 0 Å². The van der Waals surface area contributed by atoms with Crippen molar-refractivity contribution in [1.82, 2.24) is 10.2 Å². The zero-order chi connectivity index (χ0) is 10.0. The van der Waals surface area contributed by atoms with Crippen molar-refractivity contribution in [3.8, 4) is 0 Å². The Labute approximate surface area is 78.3 Å². The second-order valence-electron chi connectivity index (χ2n) is 3.48. The summed E-state index contributed by atoms with van der Waals surface area (Å²) in [5, 5.41) is 2.58. The van der Waals surface area contributed by atoms with Crippen molar-refractivity contribution in [2.45, 2.75) is 38.8 Å². The minimum atomic E-state index is -0.252. The van der Waals surface area contributed by atoms with E-state index in [2.05, 4.69) is 5.32 Å². The fourth-order valence-corrected chi connectivity index (χ4v) is 1.94. The molecule has 1 N–H and O–H groups in total. The smallest absolute Gasteiger partial charge is 0.242 e. The molecule has 1 aliphatic rings. The number of carbonyl (C=O) groups excluding carboxylic acids is 2. The maximum absolute atomic E-state index is 11.4. The predicted molar refractivity (Wildman–Crippen MR) is 49.1 cm³/mol. The minimum Gasteiger partial charge on any atom is -0.357 e. The Balaban J connectivity index is 2.75. The van der Waals surface area contributed by atoms with E-state index in [9.17, 15) is 9.59 Å². The maximum Gasteiger partial charge on any atom is 0.242 e. The largest absolute Gasteiger partial charge is 0.357 e. The summed E-state index contributed by atoms with van der Waals surface area (Å²) >= 11 is 0. The van der Waals surface area contributed by atoms with Gasteiger partial charge in [-0.25, -0.2) is 0 Å². The molecule has 0 bridgehead atoms. The van der Waals surface area contributed by atoms with Crippen molar-refractivity contribution >= 4 is 11.8 Å². The molecule has 4 heteroatoms. The minimum absolute atomic E-state index is 0.0152. The highest BCUT2D eigenvalue weighted by Crippen LogP contribution is 2.23. The summed E-state index contributed by atoms with van der Waals surface area (Å²) in [7, 11) is 1.60. The Kier molecular flexibility index (Phi) is 2.90. The van der Waals surface area contributed by atoms with Crippen molar-refractivity contribution in [2.75, 3.05) is 7.05 Å². The number of likely N-dealkylation sites (N-methyl/N-ethyl adjacent to an activating group) is 1. The lowest BCUT2D eigenvalue weighted by molar-refractivity contribution is -0.138. The molecule has 0 aromatic heterocycles. The SMILES string of the molecule is CNC(=O)[C@H]1CC[C@H](C)N1C(C)=O. The van der Waals surface area contributed by atoms with Gasteiger partial charge in [0.15, 0.2) is 0 Å². The molecule has 0 aromatic rings. The van der Waals surface area contributed by atoms with Crippen LogP contribution in [0.1, 0.15) is 26.7 Å². The lowest BCUT2D eigenvalue weighted by atomic mass is 10.2. The van der Waals surface area contributed by atoms with Crippen LogP contribution in [0.3, 0.4) is 0 Å². The van der Waals surface area contributed by atoms with Crippen molar-refractivity contribution < 1.29 is 9.59 Å². The van der Waals surface area contributed by atoms with Gasteiger partial charge in [-0.2, -0.15) is 0 Å². The highest BCUT2D eigenvalue weighted by atomic mass is 16.2. The predicted octanol–water partition coefficient (Wildman–Crippen LogP) is 0.132. The van der Waals surface area contributed by atoms with Crippen molar-refractivity contribution in [1.29, 1.82) is 0 Å². The van der Waals surface area contributed by atoms with Gasteiger partial charge in [0.25, 0.3) is 0 Å². The summed E-state index contributed by atoms with van der Waals surface area (Å²) in [5.41, 5.74) is 0. The molecule has 74 valence electrons. The van der Waals surface area contributed by atoms with Gasteiger partial charge in [0, 0.05) is 20.0 Å². The number of nitrogens with one attached hydrogen (secondary N) is 1. The van der Waals surface area contributed by atoms with E-state index >= 15 is 0 Å². The van der Waals surface area contributed by atoms with Gasteiger partial charge < -0.3 is 10.2 Å². The topological polar surface area (TPSA) is 49.4 Å². The van der Waals surface area contributed by atoms with Gasteiger partial charge in [-0.05, 0) is 19.8 Å². The van der Waals surface area contributed by atoms with E-state index in [1.165, 1.54) is 6.92 Å². The van der Waals surface area contributed by atoms with Crippen LogP contribution in [-0.4, -0.2) is 35.8 Å². The standard InChI is InChI=1S/C9H16N2O2/c1-6-4-5-8(9(13)10-3)11(6)7(2)12/h6,8H,4-5H2,1-3H3,(H,10,13)/t6-,8+/m0/s1. The summed E-state index contributed by atoms with van der Waals surface area (Å²) in [6.45, 7) is 3.49. The molecule has 0 saturated carbocycles. The summed E-state index contributed by atoms with van der Waals surface area (Å²) in [5.74, 6) is -0.0712. The molecule has 1 heterocycles. The molecule has 1 saturated heterocycles. The Morgan fingerprint density at radius 2 is 2.00 bits per heavy atom. The number of hydrogen-bond acceptors (Lipinski definition) is 2. The number of rotatable bonds is 1. The average Bonchev–Trinajstić information content (AvgIpc) is 2.45. The van der Waals surface area contributed by atoms with Gasteiger partial charge in [0.2, 0.25) is 11.8 Å². The molecular weight excluding hydrogens is 168 g/mol. The Morgan fingerprint density at radius 1 is 1.38 bits per heavy atom. The van der Waals surface area contributed by atoms with E-state index in [1.54, 1.807) is 11.9 Å². The molecule has 13 heavy (non-hydrogen) atoms. The maximum atomic E-state index is 11.4. The monoisotopic (exact) mass is 184 g/mol. The first-order valence-corrected chi connectivity index (χ1v) is 4.58. The van der Waals surface area contributed by atoms with Crippen LogP contribution in [0.25, 0.3) is 0 Å². The van der Waals surface area contributed by atoms with Crippen LogP contribution in [0, 0.1) is 0 Å². The van der Waals surface area contributed by atoms with Crippen molar-refractivity contribution in [2.24, 2.45) is 0 Å². The molecule has 0 radical (unpaired) electrons. The van der Waals surface area contributed by atoms with Gasteiger partial charge >= 0.3 is 0 Å². The van der Waals surface area contributed by atoms with E-state index in [1.807, 2.05) is 6.92 Å². The van der Waals surface area contributed by atoms with Gasteiger partial charge in [-0.3, -0.25) is 9.59 Å². The van der Waals surface area contributed by atoms with Crippen LogP contribution in [0.5, 0.6) is 0 Å². The Morgan fingerprint density at radius 3 is 2.46 bits per heavy atom. The van der Waals surface area contributed by atoms with E-state index < -0.39 is 0 Å². The molecule has 1 aliphatic heterocycles. The summed E-state index contributed by atoms with van der Waals surface area (Å²) in [6, 6.07) is -0.0581. The molecule has 1 fully saturated rings. The second-order valence-corrected chi connectivity index (χ2v) is 3.48. The number of carbonyl (C=O) groups is 2. The van der Waals surface area contributed by atoms with Crippen LogP contribution < -0.4 is 5.32 Å². The quantitative estimate of drug-likeness (QED) is 0.630. The van der Waals surface area contributed by atoms with Crippen molar-refractivity contribution in [3.05, 3.63) is 0 Å². The second kappa shape index (κ2) is 3.77. The highest BCUT2D eigenvalue weighted by molar-refractivity contribution is 5.87. The van der Waals surface area contributed by atoms with E-state index in [0.29, 0.717) is 0 Å². The molecule has 2 atom stereocenters. The normalized spacial score (nSPS) is 27.5. The van der Waals surface area contributed by atoms with Crippen LogP contribution in [0.2, 0.25) is 0 Å². The first kappa shape index (κ1) is 10.0.